The SMILES string of the molecule is Cc1cc(OCC(=O)N[C@H]2CCS(=O)(=O)C2)ccc1Cl. The van der Waals surface area contributed by atoms with Crippen LogP contribution in [0.15, 0.2) is 18.2 Å². The van der Waals surface area contributed by atoms with Crippen molar-refractivity contribution in [3.63, 3.8) is 0 Å². The molecule has 20 heavy (non-hydrogen) atoms. The molecule has 1 aromatic rings. The average Bonchev–Trinajstić information content (AvgIpc) is 2.70. The quantitative estimate of drug-likeness (QED) is 0.909. The van der Waals surface area contributed by atoms with Crippen molar-refractivity contribution in [2.24, 2.45) is 0 Å². The van der Waals surface area contributed by atoms with Crippen molar-refractivity contribution in [1.82, 2.24) is 5.32 Å². The van der Waals surface area contributed by atoms with Gasteiger partial charge >= 0.3 is 0 Å². The first-order valence-electron chi connectivity index (χ1n) is 6.24. The van der Waals surface area contributed by atoms with Crippen molar-refractivity contribution in [1.29, 1.82) is 0 Å². The molecule has 1 amide bonds. The molecule has 0 bridgehead atoms. The van der Waals surface area contributed by atoms with Gasteiger partial charge in [0.1, 0.15) is 5.75 Å². The van der Waals surface area contributed by atoms with Crippen molar-refractivity contribution >= 4 is 27.3 Å². The Morgan fingerprint density at radius 2 is 2.25 bits per heavy atom. The Bertz CT molecular complexity index is 615. The van der Waals surface area contributed by atoms with Gasteiger partial charge in [-0.1, -0.05) is 11.6 Å². The molecular weight excluding hydrogens is 302 g/mol. The van der Waals surface area contributed by atoms with E-state index in [1.165, 1.54) is 0 Å². The van der Waals surface area contributed by atoms with E-state index in [2.05, 4.69) is 5.32 Å². The minimum Gasteiger partial charge on any atom is -0.484 e. The summed E-state index contributed by atoms with van der Waals surface area (Å²) in [5.41, 5.74) is 0.867. The van der Waals surface area contributed by atoms with Crippen LogP contribution >= 0.6 is 11.6 Å². The molecule has 1 fully saturated rings. The number of benzene rings is 1. The van der Waals surface area contributed by atoms with Crippen LogP contribution in [0.1, 0.15) is 12.0 Å². The summed E-state index contributed by atoms with van der Waals surface area (Å²) in [6, 6.07) is 4.83. The van der Waals surface area contributed by atoms with Crippen molar-refractivity contribution in [2.45, 2.75) is 19.4 Å². The number of carbonyl (C=O) groups excluding carboxylic acids is 1. The highest BCUT2D eigenvalue weighted by molar-refractivity contribution is 7.91. The Morgan fingerprint density at radius 3 is 2.85 bits per heavy atom. The minimum atomic E-state index is -2.99. The van der Waals surface area contributed by atoms with Gasteiger partial charge in [-0.15, -0.1) is 0 Å². The van der Waals surface area contributed by atoms with E-state index >= 15 is 0 Å². The lowest BCUT2D eigenvalue weighted by atomic mass is 10.2. The molecule has 0 unspecified atom stereocenters. The fourth-order valence-corrected chi connectivity index (χ4v) is 3.82. The maximum absolute atomic E-state index is 11.7. The molecular formula is C13H16ClNO4S. The number of ether oxygens (including phenoxy) is 1. The van der Waals surface area contributed by atoms with Gasteiger partial charge in [-0.2, -0.15) is 0 Å². The van der Waals surface area contributed by atoms with Crippen LogP contribution in [-0.2, 0) is 14.6 Å². The summed E-state index contributed by atoms with van der Waals surface area (Å²) in [6.07, 6.45) is 0.466. The van der Waals surface area contributed by atoms with E-state index in [1.807, 2.05) is 6.92 Å². The van der Waals surface area contributed by atoms with E-state index in [1.54, 1.807) is 18.2 Å². The Labute approximate surface area is 123 Å². The third kappa shape index (κ3) is 4.11. The third-order valence-electron chi connectivity index (χ3n) is 3.10. The lowest BCUT2D eigenvalue weighted by Crippen LogP contribution is -2.38. The molecule has 110 valence electrons. The average molecular weight is 318 g/mol. The zero-order chi connectivity index (χ0) is 14.8. The highest BCUT2D eigenvalue weighted by Crippen LogP contribution is 2.20. The summed E-state index contributed by atoms with van der Waals surface area (Å²) in [7, 11) is -2.99. The highest BCUT2D eigenvalue weighted by atomic mass is 35.5. The molecule has 2 rings (SSSR count). The zero-order valence-corrected chi connectivity index (χ0v) is 12.6. The van der Waals surface area contributed by atoms with Gasteiger partial charge in [0.15, 0.2) is 16.4 Å². The number of sulfone groups is 1. The summed E-state index contributed by atoms with van der Waals surface area (Å²) in [6.45, 7) is 1.70. The van der Waals surface area contributed by atoms with Crippen LogP contribution in [0.2, 0.25) is 5.02 Å². The molecule has 1 atom stereocenters. The molecule has 5 nitrogen and oxygen atoms in total. The Hall–Kier alpha value is -1.27. The molecule has 1 aliphatic rings. The molecule has 0 radical (unpaired) electrons. The molecule has 7 heteroatoms. The molecule has 1 N–H and O–H groups in total. The van der Waals surface area contributed by atoms with Crippen molar-refractivity contribution in [3.05, 3.63) is 28.8 Å². The van der Waals surface area contributed by atoms with Crippen molar-refractivity contribution in [2.75, 3.05) is 18.1 Å². The predicted octanol–water partition coefficient (Wildman–Crippen LogP) is 1.33. The number of halogens is 1. The largest absolute Gasteiger partial charge is 0.484 e. The van der Waals surface area contributed by atoms with E-state index in [0.717, 1.165) is 5.56 Å². The molecule has 0 spiro atoms. The first-order valence-corrected chi connectivity index (χ1v) is 8.44. The number of amides is 1. The van der Waals surface area contributed by atoms with Gasteiger partial charge in [0, 0.05) is 11.1 Å². The van der Waals surface area contributed by atoms with Gasteiger partial charge in [-0.05, 0) is 37.1 Å². The number of hydrogen-bond acceptors (Lipinski definition) is 4. The molecule has 0 aliphatic carbocycles. The van der Waals surface area contributed by atoms with Gasteiger partial charge in [0.05, 0.1) is 11.5 Å². The smallest absolute Gasteiger partial charge is 0.258 e. The van der Waals surface area contributed by atoms with Crippen LogP contribution in [0.25, 0.3) is 0 Å². The van der Waals surface area contributed by atoms with Crippen LogP contribution < -0.4 is 10.1 Å². The van der Waals surface area contributed by atoms with Gasteiger partial charge in [0.25, 0.3) is 5.91 Å². The second kappa shape index (κ2) is 6.01. The van der Waals surface area contributed by atoms with Gasteiger partial charge in [-0.25, -0.2) is 8.42 Å². The number of hydrogen-bond donors (Lipinski definition) is 1. The van der Waals surface area contributed by atoms with Crippen LogP contribution in [-0.4, -0.2) is 38.5 Å². The first kappa shape index (κ1) is 15.1. The lowest BCUT2D eigenvalue weighted by Gasteiger charge is -2.12. The fraction of sp³-hybridized carbons (Fsp3) is 0.462. The maximum atomic E-state index is 11.7. The monoisotopic (exact) mass is 317 g/mol. The third-order valence-corrected chi connectivity index (χ3v) is 5.29. The summed E-state index contributed by atoms with van der Waals surface area (Å²) in [5.74, 6) is 0.384. The van der Waals surface area contributed by atoms with Crippen LogP contribution in [0, 0.1) is 6.92 Å². The van der Waals surface area contributed by atoms with Crippen molar-refractivity contribution in [3.8, 4) is 5.75 Å². The number of aryl methyl sites for hydroxylation is 1. The number of carbonyl (C=O) groups is 1. The highest BCUT2D eigenvalue weighted by Gasteiger charge is 2.28. The van der Waals surface area contributed by atoms with E-state index in [4.69, 9.17) is 16.3 Å². The summed E-state index contributed by atoms with van der Waals surface area (Å²) in [4.78, 5) is 11.7. The van der Waals surface area contributed by atoms with Gasteiger partial charge in [0.2, 0.25) is 0 Å². The number of nitrogens with one attached hydrogen (secondary N) is 1. The summed E-state index contributed by atoms with van der Waals surface area (Å²) < 4.78 is 27.9. The number of rotatable bonds is 4. The van der Waals surface area contributed by atoms with Crippen LogP contribution in [0.3, 0.4) is 0 Å². The Morgan fingerprint density at radius 1 is 1.50 bits per heavy atom. The van der Waals surface area contributed by atoms with E-state index in [0.29, 0.717) is 17.2 Å². The molecule has 0 aromatic heterocycles. The summed E-state index contributed by atoms with van der Waals surface area (Å²) in [5, 5.41) is 3.30. The van der Waals surface area contributed by atoms with Gasteiger partial charge in [-0.3, -0.25) is 4.79 Å². The zero-order valence-electron chi connectivity index (χ0n) is 11.1. The molecule has 1 heterocycles. The second-order valence-electron chi connectivity index (χ2n) is 4.87. The van der Waals surface area contributed by atoms with E-state index in [9.17, 15) is 13.2 Å². The topological polar surface area (TPSA) is 72.5 Å². The lowest BCUT2D eigenvalue weighted by molar-refractivity contribution is -0.123. The Kier molecular flexibility index (Phi) is 4.55. The summed E-state index contributed by atoms with van der Waals surface area (Å²) >= 11 is 5.89. The predicted molar refractivity (Wildman–Crippen MR) is 76.9 cm³/mol. The van der Waals surface area contributed by atoms with Crippen LogP contribution in [0.4, 0.5) is 0 Å². The molecule has 1 aliphatic heterocycles. The minimum absolute atomic E-state index is 0.0127. The second-order valence-corrected chi connectivity index (χ2v) is 7.50. The fourth-order valence-electron chi connectivity index (χ4n) is 2.03. The normalized spacial score (nSPS) is 20.6. The standard InChI is InChI=1S/C13H16ClNO4S/c1-9-6-11(2-3-12(9)14)19-7-13(16)15-10-4-5-20(17,18)8-10/h2-3,6,10H,4-5,7-8H2,1H3,(H,15,16)/t10-/m0/s1. The Balaban J connectivity index is 1.82. The van der Waals surface area contributed by atoms with E-state index < -0.39 is 9.84 Å². The molecule has 1 saturated heterocycles. The van der Waals surface area contributed by atoms with Crippen molar-refractivity contribution < 1.29 is 17.9 Å². The van der Waals surface area contributed by atoms with Gasteiger partial charge < -0.3 is 10.1 Å². The first-order chi connectivity index (χ1) is 9.35. The van der Waals surface area contributed by atoms with Crippen LogP contribution in [0.5, 0.6) is 5.75 Å². The molecule has 1 aromatic carbocycles. The molecule has 0 saturated carbocycles. The maximum Gasteiger partial charge on any atom is 0.258 e. The van der Waals surface area contributed by atoms with E-state index in [-0.39, 0.29) is 30.1 Å².